The van der Waals surface area contributed by atoms with E-state index in [4.69, 9.17) is 4.74 Å². The predicted molar refractivity (Wildman–Crippen MR) is 72.5 cm³/mol. The molecule has 2 rings (SSSR count). The smallest absolute Gasteiger partial charge is 0.306 e. The minimum absolute atomic E-state index is 0.105. The van der Waals surface area contributed by atoms with E-state index in [1.54, 1.807) is 6.07 Å². The molecule has 0 aliphatic carbocycles. The van der Waals surface area contributed by atoms with Crippen molar-refractivity contribution in [1.29, 1.82) is 0 Å². The van der Waals surface area contributed by atoms with E-state index in [1.807, 2.05) is 18.7 Å². The van der Waals surface area contributed by atoms with E-state index >= 15 is 0 Å². The van der Waals surface area contributed by atoms with Gasteiger partial charge in [0.1, 0.15) is 0 Å². The second kappa shape index (κ2) is 6.20. The zero-order chi connectivity index (χ0) is 14.7. The first-order valence-corrected chi connectivity index (χ1v) is 6.85. The van der Waals surface area contributed by atoms with E-state index in [1.165, 1.54) is 6.07 Å². The van der Waals surface area contributed by atoms with Gasteiger partial charge in [-0.15, -0.1) is 0 Å². The van der Waals surface area contributed by atoms with Gasteiger partial charge in [0, 0.05) is 24.8 Å². The van der Waals surface area contributed by atoms with Gasteiger partial charge in [-0.1, -0.05) is 0 Å². The summed E-state index contributed by atoms with van der Waals surface area (Å²) in [7, 11) is 0. The normalized spacial score (nSPS) is 18.6. The second-order valence-corrected chi connectivity index (χ2v) is 5.44. The summed E-state index contributed by atoms with van der Waals surface area (Å²) in [5, 5.41) is 0. The molecule has 110 valence electrons. The Morgan fingerprint density at radius 1 is 1.40 bits per heavy atom. The van der Waals surface area contributed by atoms with Crippen molar-refractivity contribution in [2.24, 2.45) is 5.92 Å². The summed E-state index contributed by atoms with van der Waals surface area (Å²) in [6.45, 7) is 5.04. The van der Waals surface area contributed by atoms with Gasteiger partial charge in [0.15, 0.2) is 11.6 Å². The third-order valence-electron chi connectivity index (χ3n) is 3.38. The molecule has 1 aromatic carbocycles. The Labute approximate surface area is 117 Å². The molecule has 20 heavy (non-hydrogen) atoms. The van der Waals surface area contributed by atoms with E-state index < -0.39 is 11.6 Å². The Morgan fingerprint density at radius 3 is 2.80 bits per heavy atom. The van der Waals surface area contributed by atoms with Crippen LogP contribution in [0, 0.1) is 17.6 Å². The van der Waals surface area contributed by atoms with Crippen LogP contribution in [0.25, 0.3) is 0 Å². The largest absolute Gasteiger partial charge is 0.463 e. The molecule has 1 unspecified atom stereocenters. The van der Waals surface area contributed by atoms with Gasteiger partial charge in [-0.05, 0) is 38.3 Å². The molecule has 0 saturated carbocycles. The molecular weight excluding hydrogens is 264 g/mol. The van der Waals surface area contributed by atoms with Crippen LogP contribution in [0.2, 0.25) is 0 Å². The first-order chi connectivity index (χ1) is 9.45. The summed E-state index contributed by atoms with van der Waals surface area (Å²) in [5.74, 6) is -1.68. The van der Waals surface area contributed by atoms with Crippen LogP contribution in [0.1, 0.15) is 26.7 Å². The first-order valence-electron chi connectivity index (χ1n) is 6.85. The van der Waals surface area contributed by atoms with Gasteiger partial charge in [-0.25, -0.2) is 8.78 Å². The average molecular weight is 283 g/mol. The molecule has 1 aromatic rings. The molecule has 1 aliphatic rings. The standard InChI is InChI=1S/C15H19F2NO2/c1-10(2)20-15(19)7-11-5-6-18(9-11)12-3-4-13(16)14(17)8-12/h3-4,8,10-11H,5-7,9H2,1-2H3. The van der Waals surface area contributed by atoms with Crippen molar-refractivity contribution < 1.29 is 18.3 Å². The number of esters is 1. The molecule has 0 bridgehead atoms. The number of carbonyl (C=O) groups excluding carboxylic acids is 1. The number of halogens is 2. The maximum absolute atomic E-state index is 13.2. The Hall–Kier alpha value is -1.65. The fraction of sp³-hybridized carbons (Fsp3) is 0.533. The maximum Gasteiger partial charge on any atom is 0.306 e. The Morgan fingerprint density at radius 2 is 2.15 bits per heavy atom. The van der Waals surface area contributed by atoms with Crippen LogP contribution < -0.4 is 4.90 Å². The van der Waals surface area contributed by atoms with Crippen LogP contribution in [0.4, 0.5) is 14.5 Å². The minimum atomic E-state index is -0.843. The number of ether oxygens (including phenoxy) is 1. The van der Waals surface area contributed by atoms with E-state index in [0.29, 0.717) is 18.7 Å². The van der Waals surface area contributed by atoms with Crippen molar-refractivity contribution in [1.82, 2.24) is 0 Å². The van der Waals surface area contributed by atoms with E-state index in [9.17, 15) is 13.6 Å². The van der Waals surface area contributed by atoms with Crippen LogP contribution in [-0.2, 0) is 9.53 Å². The number of nitrogens with zero attached hydrogens (tertiary/aromatic N) is 1. The van der Waals surface area contributed by atoms with Crippen LogP contribution in [-0.4, -0.2) is 25.2 Å². The number of hydrogen-bond acceptors (Lipinski definition) is 3. The average Bonchev–Trinajstić information content (AvgIpc) is 2.80. The minimum Gasteiger partial charge on any atom is -0.463 e. The van der Waals surface area contributed by atoms with Crippen LogP contribution in [0.3, 0.4) is 0 Å². The van der Waals surface area contributed by atoms with Crippen molar-refractivity contribution in [2.45, 2.75) is 32.8 Å². The van der Waals surface area contributed by atoms with Crippen molar-refractivity contribution >= 4 is 11.7 Å². The maximum atomic E-state index is 13.2. The lowest BCUT2D eigenvalue weighted by atomic mass is 10.1. The molecule has 1 fully saturated rings. The molecule has 0 amide bonds. The number of anilines is 1. The third kappa shape index (κ3) is 3.68. The lowest BCUT2D eigenvalue weighted by Crippen LogP contribution is -2.21. The predicted octanol–water partition coefficient (Wildman–Crippen LogP) is 3.13. The fourth-order valence-electron chi connectivity index (χ4n) is 2.46. The molecule has 1 atom stereocenters. The molecule has 0 N–H and O–H groups in total. The highest BCUT2D eigenvalue weighted by Gasteiger charge is 2.26. The van der Waals surface area contributed by atoms with Gasteiger partial charge in [0.05, 0.1) is 12.5 Å². The third-order valence-corrected chi connectivity index (χ3v) is 3.38. The van der Waals surface area contributed by atoms with Crippen LogP contribution in [0.15, 0.2) is 18.2 Å². The summed E-state index contributed by atoms with van der Waals surface area (Å²) in [6.07, 6.45) is 1.12. The van der Waals surface area contributed by atoms with Crippen molar-refractivity contribution in [2.75, 3.05) is 18.0 Å². The molecule has 0 radical (unpaired) electrons. The molecular formula is C15H19F2NO2. The van der Waals surface area contributed by atoms with E-state index in [-0.39, 0.29) is 18.0 Å². The Bertz CT molecular complexity index is 491. The first kappa shape index (κ1) is 14.8. The zero-order valence-corrected chi connectivity index (χ0v) is 11.7. The molecule has 5 heteroatoms. The quantitative estimate of drug-likeness (QED) is 0.795. The lowest BCUT2D eigenvalue weighted by molar-refractivity contribution is -0.148. The molecule has 1 heterocycles. The zero-order valence-electron chi connectivity index (χ0n) is 11.7. The summed E-state index contributed by atoms with van der Waals surface area (Å²) in [4.78, 5) is 13.6. The second-order valence-electron chi connectivity index (χ2n) is 5.44. The van der Waals surface area contributed by atoms with Gasteiger partial charge in [-0.3, -0.25) is 4.79 Å². The van der Waals surface area contributed by atoms with Gasteiger partial charge in [0.2, 0.25) is 0 Å². The lowest BCUT2D eigenvalue weighted by Gasteiger charge is -2.19. The van der Waals surface area contributed by atoms with Crippen molar-refractivity contribution in [3.8, 4) is 0 Å². The van der Waals surface area contributed by atoms with E-state index in [0.717, 1.165) is 19.0 Å². The van der Waals surface area contributed by atoms with Gasteiger partial charge in [0.25, 0.3) is 0 Å². The number of hydrogen-bond donors (Lipinski definition) is 0. The molecule has 1 aliphatic heterocycles. The van der Waals surface area contributed by atoms with Crippen molar-refractivity contribution in [3.05, 3.63) is 29.8 Å². The van der Waals surface area contributed by atoms with Crippen LogP contribution >= 0.6 is 0 Å². The molecule has 3 nitrogen and oxygen atoms in total. The summed E-state index contributed by atoms with van der Waals surface area (Å²) in [5.41, 5.74) is 0.656. The fourth-order valence-corrected chi connectivity index (χ4v) is 2.46. The van der Waals surface area contributed by atoms with Crippen LogP contribution in [0.5, 0.6) is 0 Å². The number of benzene rings is 1. The van der Waals surface area contributed by atoms with Gasteiger partial charge >= 0.3 is 5.97 Å². The number of rotatable bonds is 4. The Kier molecular flexibility index (Phi) is 4.57. The highest BCUT2D eigenvalue weighted by atomic mass is 19.2. The highest BCUT2D eigenvalue weighted by Crippen LogP contribution is 2.27. The van der Waals surface area contributed by atoms with Crippen molar-refractivity contribution in [3.63, 3.8) is 0 Å². The summed E-state index contributed by atoms with van der Waals surface area (Å²) < 4.78 is 31.2. The molecule has 1 saturated heterocycles. The summed E-state index contributed by atoms with van der Waals surface area (Å²) >= 11 is 0. The molecule has 0 spiro atoms. The van der Waals surface area contributed by atoms with E-state index in [2.05, 4.69) is 0 Å². The Balaban J connectivity index is 1.91. The monoisotopic (exact) mass is 283 g/mol. The van der Waals surface area contributed by atoms with Gasteiger partial charge in [-0.2, -0.15) is 0 Å². The summed E-state index contributed by atoms with van der Waals surface area (Å²) in [6, 6.07) is 3.89. The van der Waals surface area contributed by atoms with Gasteiger partial charge < -0.3 is 9.64 Å². The highest BCUT2D eigenvalue weighted by molar-refractivity contribution is 5.70. The SMILES string of the molecule is CC(C)OC(=O)CC1CCN(c2ccc(F)c(F)c2)C1. The topological polar surface area (TPSA) is 29.5 Å². The number of carbonyl (C=O) groups is 1. The molecule has 0 aromatic heterocycles.